The molecule has 5 nitrogen and oxygen atoms in total. The van der Waals surface area contributed by atoms with Crippen molar-refractivity contribution in [3.8, 4) is 0 Å². The van der Waals surface area contributed by atoms with Crippen LogP contribution in [0.2, 0.25) is 0 Å². The van der Waals surface area contributed by atoms with Gasteiger partial charge in [-0.15, -0.1) is 0 Å². The van der Waals surface area contributed by atoms with Crippen LogP contribution >= 0.6 is 0 Å². The fourth-order valence-corrected chi connectivity index (χ4v) is 3.56. The molecule has 0 bridgehead atoms. The Balaban J connectivity index is 2.28. The maximum atomic E-state index is 13.4. The van der Waals surface area contributed by atoms with E-state index < -0.39 is 39.8 Å². The summed E-state index contributed by atoms with van der Waals surface area (Å²) in [4.78, 5) is 12.6. The highest BCUT2D eigenvalue weighted by atomic mass is 32.2. The van der Waals surface area contributed by atoms with Gasteiger partial charge in [-0.1, -0.05) is 30.3 Å². The average Bonchev–Trinajstić information content (AvgIpc) is 2.67. The number of sulfonamides is 1. The fourth-order valence-electron chi connectivity index (χ4n) is 2.68. The molecule has 0 aliphatic carbocycles. The number of carbonyl (C=O) groups is 1. The predicted octanol–water partition coefficient (Wildman–Crippen LogP) is 1.43. The number of primary sulfonamides is 1. The monoisotopic (exact) mass is 336 g/mol. The van der Waals surface area contributed by atoms with Gasteiger partial charge in [0.05, 0.1) is 5.75 Å². The highest BCUT2D eigenvalue weighted by Crippen LogP contribution is 2.40. The molecule has 1 aromatic carbocycles. The Hall–Kier alpha value is -1.61. The molecule has 122 valence electrons. The molecule has 22 heavy (non-hydrogen) atoms. The van der Waals surface area contributed by atoms with Crippen LogP contribution < -0.4 is 5.14 Å². The number of carbonyl (C=O) groups excluding carboxylic acids is 1. The summed E-state index contributed by atoms with van der Waals surface area (Å²) >= 11 is 0. The van der Waals surface area contributed by atoms with E-state index in [9.17, 15) is 26.4 Å². The Morgan fingerprint density at radius 2 is 1.86 bits per heavy atom. The lowest BCUT2D eigenvalue weighted by Gasteiger charge is -2.30. The third-order valence-corrected chi connectivity index (χ3v) is 4.38. The number of amides is 1. The Bertz CT molecular complexity index is 646. The van der Waals surface area contributed by atoms with Crippen molar-refractivity contribution in [3.05, 3.63) is 35.9 Å². The van der Waals surface area contributed by atoms with E-state index >= 15 is 0 Å². The maximum Gasteiger partial charge on any atom is 0.413 e. The van der Waals surface area contributed by atoms with E-state index in [2.05, 4.69) is 0 Å². The van der Waals surface area contributed by atoms with Crippen molar-refractivity contribution in [1.29, 1.82) is 0 Å². The van der Waals surface area contributed by atoms with Gasteiger partial charge in [-0.2, -0.15) is 13.2 Å². The summed E-state index contributed by atoms with van der Waals surface area (Å²) in [7, 11) is -3.84. The molecule has 1 heterocycles. The lowest BCUT2D eigenvalue weighted by molar-refractivity contribution is -0.189. The number of likely N-dealkylation sites (tertiary alicyclic amines) is 1. The van der Waals surface area contributed by atoms with E-state index in [1.165, 1.54) is 24.3 Å². The van der Waals surface area contributed by atoms with Gasteiger partial charge in [0.2, 0.25) is 15.9 Å². The molecular weight excluding hydrogens is 321 g/mol. The smallest absolute Gasteiger partial charge is 0.326 e. The van der Waals surface area contributed by atoms with E-state index in [1.54, 1.807) is 6.07 Å². The van der Waals surface area contributed by atoms with Gasteiger partial charge >= 0.3 is 6.18 Å². The molecule has 1 aromatic rings. The van der Waals surface area contributed by atoms with Crippen LogP contribution in [0, 0.1) is 5.92 Å². The zero-order valence-electron chi connectivity index (χ0n) is 11.5. The highest BCUT2D eigenvalue weighted by Gasteiger charge is 2.49. The standard InChI is InChI=1S/C13H15F3N2O3S/c14-13(15,16)12(10-4-2-1-3-5-10)18-7-9(6-11(18)19)8-22(17,20)21/h1-5,9,12H,6-8H2,(H2,17,20,21). The van der Waals surface area contributed by atoms with Crippen LogP contribution in [-0.4, -0.2) is 37.7 Å². The van der Waals surface area contributed by atoms with E-state index in [1.807, 2.05) is 0 Å². The van der Waals surface area contributed by atoms with Crippen molar-refractivity contribution in [2.75, 3.05) is 12.3 Å². The summed E-state index contributed by atoms with van der Waals surface area (Å²) in [6.07, 6.45) is -4.90. The molecule has 2 N–H and O–H groups in total. The van der Waals surface area contributed by atoms with Crippen LogP contribution in [0.15, 0.2) is 30.3 Å². The first-order valence-corrected chi connectivity index (χ1v) is 8.21. The number of nitrogens with zero attached hydrogens (tertiary/aromatic N) is 1. The normalized spacial score (nSPS) is 21.2. The highest BCUT2D eigenvalue weighted by molar-refractivity contribution is 7.89. The van der Waals surface area contributed by atoms with E-state index in [4.69, 9.17) is 5.14 Å². The summed E-state index contributed by atoms with van der Waals surface area (Å²) < 4.78 is 62.2. The second-order valence-electron chi connectivity index (χ2n) is 5.30. The van der Waals surface area contributed by atoms with Crippen molar-refractivity contribution in [2.45, 2.75) is 18.6 Å². The van der Waals surface area contributed by atoms with Crippen molar-refractivity contribution in [1.82, 2.24) is 4.90 Å². The number of rotatable bonds is 4. The van der Waals surface area contributed by atoms with Crippen LogP contribution in [0.3, 0.4) is 0 Å². The Kier molecular flexibility index (Phi) is 4.48. The number of hydrogen-bond donors (Lipinski definition) is 1. The number of alkyl halides is 3. The largest absolute Gasteiger partial charge is 0.413 e. The summed E-state index contributed by atoms with van der Waals surface area (Å²) in [5.41, 5.74) is -0.0559. The van der Waals surface area contributed by atoms with Crippen LogP contribution in [0.1, 0.15) is 18.0 Å². The number of hydrogen-bond acceptors (Lipinski definition) is 3. The minimum Gasteiger partial charge on any atom is -0.326 e. The summed E-state index contributed by atoms with van der Waals surface area (Å²) in [6, 6.07) is 4.99. The van der Waals surface area contributed by atoms with Crippen LogP contribution in [-0.2, 0) is 14.8 Å². The average molecular weight is 336 g/mol. The molecule has 1 aliphatic heterocycles. The van der Waals surface area contributed by atoms with Gasteiger partial charge in [0.25, 0.3) is 0 Å². The lowest BCUT2D eigenvalue weighted by Crippen LogP contribution is -2.39. The third kappa shape index (κ3) is 3.98. The topological polar surface area (TPSA) is 80.5 Å². The van der Waals surface area contributed by atoms with Gasteiger partial charge in [-0.25, -0.2) is 13.6 Å². The van der Waals surface area contributed by atoms with Crippen molar-refractivity contribution in [3.63, 3.8) is 0 Å². The molecular formula is C13H15F3N2O3S. The second-order valence-corrected chi connectivity index (χ2v) is 6.96. The van der Waals surface area contributed by atoms with Gasteiger partial charge in [-0.3, -0.25) is 4.79 Å². The fraction of sp³-hybridized carbons (Fsp3) is 0.462. The van der Waals surface area contributed by atoms with Crippen molar-refractivity contribution in [2.24, 2.45) is 11.1 Å². The first kappa shape index (κ1) is 16.8. The number of halogens is 3. The van der Waals surface area contributed by atoms with Gasteiger partial charge in [0.15, 0.2) is 6.04 Å². The molecule has 0 aromatic heterocycles. The van der Waals surface area contributed by atoms with Gasteiger partial charge in [0.1, 0.15) is 0 Å². The first-order chi connectivity index (χ1) is 10.1. The van der Waals surface area contributed by atoms with Crippen LogP contribution in [0.25, 0.3) is 0 Å². The molecule has 0 radical (unpaired) electrons. The first-order valence-electron chi connectivity index (χ1n) is 6.49. The predicted molar refractivity (Wildman–Crippen MR) is 73.0 cm³/mol. The van der Waals surface area contributed by atoms with Gasteiger partial charge in [0, 0.05) is 18.9 Å². The Labute approximate surface area is 125 Å². The summed E-state index contributed by atoms with van der Waals surface area (Å²) in [5.74, 6) is -1.95. The van der Waals surface area contributed by atoms with Gasteiger partial charge < -0.3 is 4.90 Å². The SMILES string of the molecule is NS(=O)(=O)CC1CC(=O)N(C(c2ccccc2)C(F)(F)F)C1. The molecule has 1 saturated heterocycles. The molecule has 2 rings (SSSR count). The molecule has 9 heteroatoms. The van der Waals surface area contributed by atoms with Crippen LogP contribution in [0.4, 0.5) is 13.2 Å². The molecule has 0 saturated carbocycles. The van der Waals surface area contributed by atoms with E-state index in [0.717, 1.165) is 0 Å². The van der Waals surface area contributed by atoms with Crippen LogP contribution in [0.5, 0.6) is 0 Å². The molecule has 2 atom stereocenters. The molecule has 1 fully saturated rings. The zero-order valence-corrected chi connectivity index (χ0v) is 12.3. The van der Waals surface area contributed by atoms with Crippen molar-refractivity contribution >= 4 is 15.9 Å². The van der Waals surface area contributed by atoms with Crippen molar-refractivity contribution < 1.29 is 26.4 Å². The molecule has 1 amide bonds. The minimum atomic E-state index is -4.65. The number of nitrogens with two attached hydrogens (primary N) is 1. The van der Waals surface area contributed by atoms with Gasteiger partial charge in [-0.05, 0) is 5.56 Å². The zero-order chi connectivity index (χ0) is 16.5. The van der Waals surface area contributed by atoms with E-state index in [0.29, 0.717) is 4.90 Å². The summed E-state index contributed by atoms with van der Waals surface area (Å²) in [5, 5.41) is 4.90. The lowest BCUT2D eigenvalue weighted by atomic mass is 10.1. The molecule has 0 spiro atoms. The quantitative estimate of drug-likeness (QED) is 0.903. The second kappa shape index (κ2) is 5.88. The van der Waals surface area contributed by atoms with E-state index in [-0.39, 0.29) is 18.5 Å². The number of benzene rings is 1. The summed E-state index contributed by atoms with van der Waals surface area (Å²) in [6.45, 7) is -0.283. The Morgan fingerprint density at radius 3 is 2.36 bits per heavy atom. The molecule has 1 aliphatic rings. The minimum absolute atomic E-state index is 0.0559. The Morgan fingerprint density at radius 1 is 1.27 bits per heavy atom. The molecule has 2 unspecified atom stereocenters. The maximum absolute atomic E-state index is 13.4. The third-order valence-electron chi connectivity index (χ3n) is 3.44.